The van der Waals surface area contributed by atoms with Gasteiger partial charge in [0.25, 0.3) is 0 Å². The van der Waals surface area contributed by atoms with Crippen molar-refractivity contribution in [2.24, 2.45) is 10.9 Å². The fourth-order valence-corrected chi connectivity index (χ4v) is 4.30. The molecule has 1 fully saturated rings. The van der Waals surface area contributed by atoms with Crippen LogP contribution in [0.25, 0.3) is 0 Å². The Morgan fingerprint density at radius 2 is 1.93 bits per heavy atom. The molecule has 0 radical (unpaired) electrons. The summed E-state index contributed by atoms with van der Waals surface area (Å²) in [6, 6.07) is 10.0. The van der Waals surface area contributed by atoms with E-state index in [1.165, 1.54) is 0 Å². The standard InChI is InChI=1S/C21H36N4O2S/c1-4-22-21(23-10-15-28(26)20-8-6-5-7-9-20)24-17-19(16-18(2)3)25-11-13-27-14-12-25/h5-9,18-19H,4,10-17H2,1-3H3,(H2,22,23,24). The number of guanidine groups is 1. The van der Waals surface area contributed by atoms with Crippen LogP contribution in [0.2, 0.25) is 0 Å². The van der Waals surface area contributed by atoms with Gasteiger partial charge in [0.05, 0.1) is 30.6 Å². The zero-order valence-electron chi connectivity index (χ0n) is 17.5. The van der Waals surface area contributed by atoms with Crippen LogP contribution in [-0.2, 0) is 15.5 Å². The molecule has 158 valence electrons. The van der Waals surface area contributed by atoms with Gasteiger partial charge in [0, 0.05) is 42.9 Å². The van der Waals surface area contributed by atoms with Crippen molar-refractivity contribution in [3.8, 4) is 0 Å². The Kier molecular flexibility index (Phi) is 10.5. The van der Waals surface area contributed by atoms with Gasteiger partial charge in [0.2, 0.25) is 0 Å². The molecule has 28 heavy (non-hydrogen) atoms. The quantitative estimate of drug-likeness (QED) is 0.458. The number of rotatable bonds is 10. The summed E-state index contributed by atoms with van der Waals surface area (Å²) in [4.78, 5) is 8.20. The zero-order chi connectivity index (χ0) is 20.2. The van der Waals surface area contributed by atoms with Gasteiger partial charge in [0.1, 0.15) is 0 Å². The summed E-state index contributed by atoms with van der Waals surface area (Å²) >= 11 is 0. The third-order valence-electron chi connectivity index (χ3n) is 4.70. The zero-order valence-corrected chi connectivity index (χ0v) is 18.3. The normalized spacial score (nSPS) is 18.1. The van der Waals surface area contributed by atoms with Crippen molar-refractivity contribution in [3.05, 3.63) is 30.3 Å². The molecule has 2 N–H and O–H groups in total. The van der Waals surface area contributed by atoms with Crippen molar-refractivity contribution in [1.29, 1.82) is 0 Å². The Hall–Kier alpha value is -1.44. The first-order valence-corrected chi connectivity index (χ1v) is 11.7. The Bertz CT molecular complexity index is 604. The first kappa shape index (κ1) is 22.8. The second-order valence-electron chi connectivity index (χ2n) is 7.44. The van der Waals surface area contributed by atoms with Crippen LogP contribution >= 0.6 is 0 Å². The number of hydrogen-bond acceptors (Lipinski definition) is 4. The molecule has 0 amide bonds. The monoisotopic (exact) mass is 408 g/mol. The van der Waals surface area contributed by atoms with Crippen LogP contribution in [0.4, 0.5) is 0 Å². The van der Waals surface area contributed by atoms with Crippen LogP contribution in [0.1, 0.15) is 27.2 Å². The van der Waals surface area contributed by atoms with Gasteiger partial charge in [-0.15, -0.1) is 0 Å². The van der Waals surface area contributed by atoms with Gasteiger partial charge in [-0.25, -0.2) is 0 Å². The molecule has 2 atom stereocenters. The molecule has 1 aromatic rings. The molecule has 1 aliphatic heterocycles. The Labute approximate surface area is 172 Å². The summed E-state index contributed by atoms with van der Waals surface area (Å²) in [6.07, 6.45) is 1.13. The third-order valence-corrected chi connectivity index (χ3v) is 6.07. The summed E-state index contributed by atoms with van der Waals surface area (Å²) in [6.45, 7) is 12.4. The third kappa shape index (κ3) is 8.29. The number of benzene rings is 1. The summed E-state index contributed by atoms with van der Waals surface area (Å²) in [5.74, 6) is 1.99. The second-order valence-corrected chi connectivity index (χ2v) is 9.01. The average molecular weight is 409 g/mol. The number of morpholine rings is 1. The van der Waals surface area contributed by atoms with Crippen molar-refractivity contribution in [3.63, 3.8) is 0 Å². The lowest BCUT2D eigenvalue weighted by molar-refractivity contribution is 0.0143. The fourth-order valence-electron chi connectivity index (χ4n) is 3.32. The van der Waals surface area contributed by atoms with E-state index in [0.29, 0.717) is 24.3 Å². The summed E-state index contributed by atoms with van der Waals surface area (Å²) in [5.41, 5.74) is 0. The highest BCUT2D eigenvalue weighted by Crippen LogP contribution is 2.14. The van der Waals surface area contributed by atoms with Crippen LogP contribution < -0.4 is 10.6 Å². The van der Waals surface area contributed by atoms with E-state index in [2.05, 4.69) is 36.3 Å². The molecule has 0 aromatic heterocycles. The highest BCUT2D eigenvalue weighted by Gasteiger charge is 2.21. The Morgan fingerprint density at radius 1 is 1.21 bits per heavy atom. The maximum absolute atomic E-state index is 12.4. The van der Waals surface area contributed by atoms with E-state index in [0.717, 1.165) is 56.7 Å². The van der Waals surface area contributed by atoms with Crippen LogP contribution in [0, 0.1) is 5.92 Å². The predicted molar refractivity (Wildman–Crippen MR) is 117 cm³/mol. The molecule has 2 rings (SSSR count). The Balaban J connectivity index is 1.88. The van der Waals surface area contributed by atoms with E-state index in [9.17, 15) is 4.21 Å². The first-order valence-electron chi connectivity index (χ1n) is 10.4. The molecule has 1 aromatic carbocycles. The molecule has 2 unspecified atom stereocenters. The maximum atomic E-state index is 12.4. The highest BCUT2D eigenvalue weighted by molar-refractivity contribution is 7.85. The van der Waals surface area contributed by atoms with Crippen LogP contribution in [0.3, 0.4) is 0 Å². The number of nitrogens with zero attached hydrogens (tertiary/aromatic N) is 2. The van der Waals surface area contributed by atoms with Crippen molar-refractivity contribution < 1.29 is 8.95 Å². The topological polar surface area (TPSA) is 66.0 Å². The first-order chi connectivity index (χ1) is 13.6. The molecule has 0 bridgehead atoms. The smallest absolute Gasteiger partial charge is 0.191 e. The molecule has 1 heterocycles. The molecule has 1 aliphatic rings. The van der Waals surface area contributed by atoms with Gasteiger partial charge in [-0.2, -0.15) is 0 Å². The lowest BCUT2D eigenvalue weighted by Gasteiger charge is -2.34. The molecular formula is C21H36N4O2S. The van der Waals surface area contributed by atoms with Crippen LogP contribution in [0.5, 0.6) is 0 Å². The van der Waals surface area contributed by atoms with Gasteiger partial charge in [-0.05, 0) is 31.4 Å². The van der Waals surface area contributed by atoms with Crippen LogP contribution in [0.15, 0.2) is 40.2 Å². The van der Waals surface area contributed by atoms with Gasteiger partial charge < -0.3 is 15.4 Å². The summed E-state index contributed by atoms with van der Waals surface area (Å²) in [5, 5.41) is 6.64. The van der Waals surface area contributed by atoms with E-state index in [1.54, 1.807) is 0 Å². The molecule has 0 aliphatic carbocycles. The predicted octanol–water partition coefficient (Wildman–Crippen LogP) is 2.10. The van der Waals surface area contributed by atoms with E-state index in [1.807, 2.05) is 30.3 Å². The molecular weight excluding hydrogens is 372 g/mol. The van der Waals surface area contributed by atoms with Crippen molar-refractivity contribution >= 4 is 16.8 Å². The fraction of sp³-hybridized carbons (Fsp3) is 0.667. The van der Waals surface area contributed by atoms with Gasteiger partial charge in [-0.3, -0.25) is 14.1 Å². The summed E-state index contributed by atoms with van der Waals surface area (Å²) < 4.78 is 17.9. The van der Waals surface area contributed by atoms with E-state index in [4.69, 9.17) is 9.73 Å². The highest BCUT2D eigenvalue weighted by atomic mass is 32.2. The number of nitrogens with one attached hydrogen (secondary N) is 2. The minimum absolute atomic E-state index is 0.429. The van der Waals surface area contributed by atoms with E-state index in [-0.39, 0.29) is 0 Å². The van der Waals surface area contributed by atoms with Crippen molar-refractivity contribution in [1.82, 2.24) is 15.5 Å². The second kappa shape index (κ2) is 12.9. The van der Waals surface area contributed by atoms with Gasteiger partial charge >= 0.3 is 0 Å². The Morgan fingerprint density at radius 3 is 2.57 bits per heavy atom. The maximum Gasteiger partial charge on any atom is 0.191 e. The molecule has 0 saturated carbocycles. The lowest BCUT2D eigenvalue weighted by Crippen LogP contribution is -2.46. The van der Waals surface area contributed by atoms with Gasteiger partial charge in [0.15, 0.2) is 5.96 Å². The summed E-state index contributed by atoms with van der Waals surface area (Å²) in [7, 11) is -0.996. The number of ether oxygens (including phenoxy) is 1. The minimum Gasteiger partial charge on any atom is -0.379 e. The van der Waals surface area contributed by atoms with Gasteiger partial charge in [-0.1, -0.05) is 32.0 Å². The molecule has 1 saturated heterocycles. The number of aliphatic imine (C=N–C) groups is 1. The SMILES string of the molecule is CCNC(=NCC(CC(C)C)N1CCOCC1)NCCS(=O)c1ccccc1. The lowest BCUT2D eigenvalue weighted by atomic mass is 10.0. The van der Waals surface area contributed by atoms with Crippen LogP contribution in [-0.4, -0.2) is 72.8 Å². The van der Waals surface area contributed by atoms with Crippen molar-refractivity contribution in [2.45, 2.75) is 38.1 Å². The van der Waals surface area contributed by atoms with E-state index < -0.39 is 10.8 Å². The van der Waals surface area contributed by atoms with Crippen molar-refractivity contribution in [2.75, 3.05) is 51.7 Å². The molecule has 7 heteroatoms. The minimum atomic E-state index is -0.996. The largest absolute Gasteiger partial charge is 0.379 e. The van der Waals surface area contributed by atoms with E-state index >= 15 is 0 Å². The molecule has 6 nitrogen and oxygen atoms in total. The average Bonchev–Trinajstić information content (AvgIpc) is 2.71. The number of hydrogen-bond donors (Lipinski definition) is 2. The molecule has 0 spiro atoms.